The summed E-state index contributed by atoms with van der Waals surface area (Å²) in [5.74, 6) is -0.275. The van der Waals surface area contributed by atoms with E-state index in [9.17, 15) is 13.2 Å². The zero-order valence-corrected chi connectivity index (χ0v) is 21.7. The molecule has 8 heteroatoms. The van der Waals surface area contributed by atoms with Crippen molar-refractivity contribution in [3.63, 3.8) is 0 Å². The van der Waals surface area contributed by atoms with Crippen molar-refractivity contribution in [2.24, 2.45) is 0 Å². The highest BCUT2D eigenvalue weighted by Crippen LogP contribution is 2.18. The number of esters is 1. The number of carbonyl (C=O) groups is 1. The van der Waals surface area contributed by atoms with Gasteiger partial charge in [0.05, 0.1) is 7.11 Å². The van der Waals surface area contributed by atoms with Gasteiger partial charge in [0.25, 0.3) is 0 Å². The third kappa shape index (κ3) is 12.3. The molecule has 2 atom stereocenters. The molecular formula is C26H42O7S. The van der Waals surface area contributed by atoms with E-state index < -0.39 is 21.9 Å². The number of hydrogen-bond acceptors (Lipinski definition) is 7. The summed E-state index contributed by atoms with van der Waals surface area (Å²) in [4.78, 5) is 12.3. The van der Waals surface area contributed by atoms with Gasteiger partial charge in [-0.2, -0.15) is 0 Å². The third-order valence-electron chi connectivity index (χ3n) is 6.00. The van der Waals surface area contributed by atoms with Gasteiger partial charge in [0.2, 0.25) is 0 Å². The Hall–Kier alpha value is -1.48. The van der Waals surface area contributed by atoms with Gasteiger partial charge in [0.1, 0.15) is 9.84 Å². The lowest BCUT2D eigenvalue weighted by molar-refractivity contribution is -0.162. The molecule has 0 bridgehead atoms. The van der Waals surface area contributed by atoms with Crippen molar-refractivity contribution in [2.45, 2.75) is 83.0 Å². The second-order valence-electron chi connectivity index (χ2n) is 9.02. The Morgan fingerprint density at radius 1 is 1.03 bits per heavy atom. The zero-order chi connectivity index (χ0) is 24.7. The molecule has 1 fully saturated rings. The van der Waals surface area contributed by atoms with Gasteiger partial charge in [-0.1, -0.05) is 37.1 Å². The minimum Gasteiger partial charge on any atom is -0.467 e. The van der Waals surface area contributed by atoms with Crippen molar-refractivity contribution >= 4 is 15.8 Å². The van der Waals surface area contributed by atoms with Crippen molar-refractivity contribution in [1.29, 1.82) is 0 Å². The van der Waals surface area contributed by atoms with E-state index in [1.807, 2.05) is 18.2 Å². The smallest absolute Gasteiger partial charge is 0.335 e. The lowest BCUT2D eigenvalue weighted by Gasteiger charge is -2.22. The van der Waals surface area contributed by atoms with Gasteiger partial charge in [-0.25, -0.2) is 13.2 Å². The number of hydrogen-bond donors (Lipinski definition) is 0. The van der Waals surface area contributed by atoms with E-state index in [4.69, 9.17) is 18.9 Å². The average Bonchev–Trinajstić information content (AvgIpc) is 2.82. The molecule has 2 unspecified atom stereocenters. The number of sulfone groups is 1. The average molecular weight is 499 g/mol. The predicted molar refractivity (Wildman–Crippen MR) is 133 cm³/mol. The van der Waals surface area contributed by atoms with Crippen LogP contribution in [-0.4, -0.2) is 65.7 Å². The fraction of sp³-hybridized carbons (Fsp3) is 0.731. The number of methoxy groups -OCH3 is 1. The standard InChI is InChI=1S/C26H42O7S/c1-30-26(27)24(31-17-11-12-20-34(2,28)29)21-23-15-7-6-14-22(23)13-5-3-4-9-18-32-25-16-8-10-19-33-25/h6-7,14-15,24-25H,3-5,8-13,16-21H2,1-2H3. The van der Waals surface area contributed by atoms with Crippen LogP contribution in [0.1, 0.15) is 68.9 Å². The highest BCUT2D eigenvalue weighted by molar-refractivity contribution is 7.90. The van der Waals surface area contributed by atoms with E-state index >= 15 is 0 Å². The maximum absolute atomic E-state index is 12.3. The van der Waals surface area contributed by atoms with E-state index in [0.29, 0.717) is 25.9 Å². The summed E-state index contributed by atoms with van der Waals surface area (Å²) in [6.07, 6.45) is 10.7. The Balaban J connectivity index is 1.72. The summed E-state index contributed by atoms with van der Waals surface area (Å²) in [7, 11) is -1.62. The topological polar surface area (TPSA) is 88.1 Å². The van der Waals surface area contributed by atoms with Crippen LogP contribution in [0.3, 0.4) is 0 Å². The summed E-state index contributed by atoms with van der Waals surface area (Å²) in [5, 5.41) is 0. The van der Waals surface area contributed by atoms with Crippen LogP contribution in [0.4, 0.5) is 0 Å². The molecule has 1 saturated heterocycles. The molecule has 1 heterocycles. The van der Waals surface area contributed by atoms with E-state index in [-0.39, 0.29) is 12.0 Å². The van der Waals surface area contributed by atoms with Crippen LogP contribution in [0, 0.1) is 0 Å². The fourth-order valence-corrected chi connectivity index (χ4v) is 4.79. The maximum atomic E-state index is 12.3. The Bertz CT molecular complexity index is 803. The highest BCUT2D eigenvalue weighted by Gasteiger charge is 2.21. The monoisotopic (exact) mass is 498 g/mol. The van der Waals surface area contributed by atoms with Crippen LogP contribution >= 0.6 is 0 Å². The summed E-state index contributed by atoms with van der Waals surface area (Å²) in [6.45, 7) is 1.89. The molecule has 7 nitrogen and oxygen atoms in total. The van der Waals surface area contributed by atoms with Crippen LogP contribution in [0.15, 0.2) is 24.3 Å². The normalized spacial score (nSPS) is 17.4. The summed E-state index contributed by atoms with van der Waals surface area (Å²) in [5.41, 5.74) is 2.32. The second kappa shape index (κ2) is 16.2. The Labute approximate surface area is 205 Å². The van der Waals surface area contributed by atoms with Crippen molar-refractivity contribution in [3.8, 4) is 0 Å². The Morgan fingerprint density at radius 2 is 1.76 bits per heavy atom. The molecule has 1 aliphatic rings. The Kier molecular flexibility index (Phi) is 13.7. The van der Waals surface area contributed by atoms with Crippen LogP contribution in [-0.2, 0) is 46.4 Å². The highest BCUT2D eigenvalue weighted by atomic mass is 32.2. The van der Waals surface area contributed by atoms with E-state index in [2.05, 4.69) is 6.07 Å². The van der Waals surface area contributed by atoms with E-state index in [0.717, 1.165) is 63.7 Å². The lowest BCUT2D eigenvalue weighted by atomic mass is 9.97. The second-order valence-corrected chi connectivity index (χ2v) is 11.3. The maximum Gasteiger partial charge on any atom is 0.335 e. The SMILES string of the molecule is COC(=O)C(Cc1ccccc1CCCCCCOC1CCCCO1)OCCCCS(C)(=O)=O. The van der Waals surface area contributed by atoms with E-state index in [1.54, 1.807) is 0 Å². The summed E-state index contributed by atoms with van der Waals surface area (Å²) >= 11 is 0. The number of ether oxygens (including phenoxy) is 4. The van der Waals surface area contributed by atoms with Gasteiger partial charge in [-0.15, -0.1) is 0 Å². The molecule has 1 aromatic rings. The lowest BCUT2D eigenvalue weighted by Crippen LogP contribution is -2.29. The third-order valence-corrected chi connectivity index (χ3v) is 7.03. The molecular weight excluding hydrogens is 456 g/mol. The van der Waals surface area contributed by atoms with Gasteiger partial charge >= 0.3 is 5.97 Å². The van der Waals surface area contributed by atoms with Gasteiger partial charge in [-0.05, 0) is 62.5 Å². The van der Waals surface area contributed by atoms with Gasteiger partial charge in [0.15, 0.2) is 12.4 Å². The number of carbonyl (C=O) groups excluding carboxylic acids is 1. The first-order chi connectivity index (χ1) is 16.4. The quantitative estimate of drug-likeness (QED) is 0.234. The minimum atomic E-state index is -2.98. The van der Waals surface area contributed by atoms with Crippen LogP contribution < -0.4 is 0 Å². The molecule has 34 heavy (non-hydrogen) atoms. The predicted octanol–water partition coefficient (Wildman–Crippen LogP) is 4.26. The number of benzene rings is 1. The molecule has 1 aliphatic heterocycles. The van der Waals surface area contributed by atoms with Crippen molar-refractivity contribution < 1.29 is 32.2 Å². The van der Waals surface area contributed by atoms with Gasteiger partial charge in [-0.3, -0.25) is 0 Å². The number of unbranched alkanes of at least 4 members (excludes halogenated alkanes) is 4. The fourth-order valence-electron chi connectivity index (χ4n) is 4.06. The van der Waals surface area contributed by atoms with Crippen molar-refractivity contribution in [2.75, 3.05) is 38.9 Å². The summed E-state index contributed by atoms with van der Waals surface area (Å²) in [6, 6.07) is 8.15. The molecule has 0 saturated carbocycles. The number of rotatable bonds is 17. The Morgan fingerprint density at radius 3 is 2.47 bits per heavy atom. The zero-order valence-electron chi connectivity index (χ0n) is 20.8. The summed E-state index contributed by atoms with van der Waals surface area (Å²) < 4.78 is 44.6. The van der Waals surface area contributed by atoms with Gasteiger partial charge in [0, 0.05) is 38.3 Å². The van der Waals surface area contributed by atoms with Crippen molar-refractivity contribution in [3.05, 3.63) is 35.4 Å². The molecule has 0 N–H and O–H groups in total. The molecule has 0 aliphatic carbocycles. The van der Waals surface area contributed by atoms with E-state index in [1.165, 1.54) is 25.3 Å². The molecule has 0 aromatic heterocycles. The van der Waals surface area contributed by atoms with Gasteiger partial charge < -0.3 is 18.9 Å². The van der Waals surface area contributed by atoms with Crippen molar-refractivity contribution in [1.82, 2.24) is 0 Å². The molecule has 0 radical (unpaired) electrons. The molecule has 194 valence electrons. The molecule has 1 aromatic carbocycles. The van der Waals surface area contributed by atoms with Crippen LogP contribution in [0.5, 0.6) is 0 Å². The van der Waals surface area contributed by atoms with Crippen LogP contribution in [0.25, 0.3) is 0 Å². The molecule has 2 rings (SSSR count). The first-order valence-electron chi connectivity index (χ1n) is 12.6. The van der Waals surface area contributed by atoms with Crippen LogP contribution in [0.2, 0.25) is 0 Å². The molecule has 0 spiro atoms. The number of aryl methyl sites for hydroxylation is 1. The minimum absolute atomic E-state index is 0.00899. The largest absolute Gasteiger partial charge is 0.467 e. The molecule has 0 amide bonds. The first-order valence-corrected chi connectivity index (χ1v) is 14.6. The first kappa shape index (κ1) is 28.8.